The van der Waals surface area contributed by atoms with Crippen LogP contribution in [0, 0.1) is 17.8 Å². The number of hydrogen-bond acceptors (Lipinski definition) is 3. The molecule has 2 fully saturated rings. The van der Waals surface area contributed by atoms with Gasteiger partial charge in [0.15, 0.2) is 0 Å². The van der Waals surface area contributed by atoms with Crippen LogP contribution in [-0.4, -0.2) is 19.3 Å². The van der Waals surface area contributed by atoms with Crippen LogP contribution < -0.4 is 9.47 Å². The van der Waals surface area contributed by atoms with E-state index in [0.29, 0.717) is 22.4 Å². The molecule has 4 atom stereocenters. The van der Waals surface area contributed by atoms with Gasteiger partial charge >= 0.3 is 0 Å². The maximum atomic E-state index is 10.6. The van der Waals surface area contributed by atoms with Gasteiger partial charge in [0.25, 0.3) is 0 Å². The zero-order chi connectivity index (χ0) is 15.0. The molecule has 116 valence electrons. The van der Waals surface area contributed by atoms with Crippen molar-refractivity contribution in [3.63, 3.8) is 0 Å². The van der Waals surface area contributed by atoms with Gasteiger partial charge < -0.3 is 14.6 Å². The zero-order valence-electron chi connectivity index (χ0n) is 12.6. The Kier molecular flexibility index (Phi) is 4.32. The molecule has 2 bridgehead atoms. The molecule has 0 aliphatic heterocycles. The lowest BCUT2D eigenvalue weighted by Gasteiger charge is -2.25. The second-order valence-corrected chi connectivity index (χ2v) is 6.77. The molecule has 4 unspecified atom stereocenters. The second kappa shape index (κ2) is 6.05. The molecule has 21 heavy (non-hydrogen) atoms. The summed E-state index contributed by atoms with van der Waals surface area (Å²) in [5.41, 5.74) is 0.770. The summed E-state index contributed by atoms with van der Waals surface area (Å²) in [7, 11) is 3.15. The molecule has 2 saturated carbocycles. The zero-order valence-corrected chi connectivity index (χ0v) is 13.4. The van der Waals surface area contributed by atoms with Gasteiger partial charge in [-0.3, -0.25) is 0 Å². The first kappa shape index (κ1) is 15.0. The average molecular weight is 311 g/mol. The molecule has 1 aromatic carbocycles. The van der Waals surface area contributed by atoms with E-state index in [4.69, 9.17) is 21.1 Å². The molecule has 0 amide bonds. The van der Waals surface area contributed by atoms with Gasteiger partial charge in [0.1, 0.15) is 16.5 Å². The summed E-state index contributed by atoms with van der Waals surface area (Å²) in [5, 5.41) is 11.1. The fourth-order valence-corrected chi connectivity index (χ4v) is 4.59. The molecule has 0 radical (unpaired) electrons. The van der Waals surface area contributed by atoms with Crippen LogP contribution in [0.4, 0.5) is 0 Å². The fraction of sp³-hybridized carbons (Fsp3) is 0.647. The Labute approximate surface area is 131 Å². The summed E-state index contributed by atoms with van der Waals surface area (Å²) in [6, 6.07) is 3.66. The van der Waals surface area contributed by atoms with Crippen molar-refractivity contribution in [1.29, 1.82) is 0 Å². The summed E-state index contributed by atoms with van der Waals surface area (Å²) in [6.07, 6.45) is 5.64. The van der Waals surface area contributed by atoms with E-state index >= 15 is 0 Å². The van der Waals surface area contributed by atoms with Gasteiger partial charge in [0.2, 0.25) is 0 Å². The van der Waals surface area contributed by atoms with Crippen molar-refractivity contribution in [3.05, 3.63) is 22.7 Å². The molecular weight excluding hydrogens is 288 g/mol. The Morgan fingerprint density at radius 1 is 1.24 bits per heavy atom. The van der Waals surface area contributed by atoms with Crippen LogP contribution in [0.1, 0.15) is 43.8 Å². The maximum absolute atomic E-state index is 10.6. The van der Waals surface area contributed by atoms with Crippen LogP contribution in [0.5, 0.6) is 11.5 Å². The van der Waals surface area contributed by atoms with E-state index in [0.717, 1.165) is 23.8 Å². The molecule has 1 N–H and O–H groups in total. The van der Waals surface area contributed by atoms with Crippen LogP contribution in [-0.2, 0) is 0 Å². The predicted molar refractivity (Wildman–Crippen MR) is 83.1 cm³/mol. The Morgan fingerprint density at radius 3 is 2.62 bits per heavy atom. The molecule has 0 heterocycles. The number of rotatable bonds is 5. The number of fused-ring (bicyclic) bond motifs is 2. The number of aliphatic hydroxyl groups is 1. The summed E-state index contributed by atoms with van der Waals surface area (Å²) < 4.78 is 10.6. The van der Waals surface area contributed by atoms with E-state index in [-0.39, 0.29) is 0 Å². The fourth-order valence-electron chi connectivity index (χ4n) is 4.26. The summed E-state index contributed by atoms with van der Waals surface area (Å²) in [4.78, 5) is 0. The third-order valence-corrected chi connectivity index (χ3v) is 5.64. The normalized spacial score (nSPS) is 28.7. The van der Waals surface area contributed by atoms with Gasteiger partial charge in [0.05, 0.1) is 20.3 Å². The monoisotopic (exact) mass is 310 g/mol. The standard InChI is InChI=1S/C17H23ClO3/c1-20-15-6-5-13(17(21-2)16(15)18)14(19)9-12-8-10-3-4-11(12)7-10/h5-6,10-12,14,19H,3-4,7-9H2,1-2H3. The number of halogens is 1. The van der Waals surface area contributed by atoms with Crippen LogP contribution in [0.15, 0.2) is 12.1 Å². The maximum Gasteiger partial charge on any atom is 0.147 e. The summed E-state index contributed by atoms with van der Waals surface area (Å²) in [6.45, 7) is 0. The van der Waals surface area contributed by atoms with Crippen molar-refractivity contribution in [3.8, 4) is 11.5 Å². The molecule has 3 rings (SSSR count). The van der Waals surface area contributed by atoms with Gasteiger partial charge in [-0.15, -0.1) is 0 Å². The average Bonchev–Trinajstić information content (AvgIpc) is 3.09. The van der Waals surface area contributed by atoms with E-state index in [1.54, 1.807) is 20.3 Å². The Bertz CT molecular complexity index is 517. The first-order chi connectivity index (χ1) is 10.1. The largest absolute Gasteiger partial charge is 0.495 e. The van der Waals surface area contributed by atoms with Crippen molar-refractivity contribution in [2.24, 2.45) is 17.8 Å². The van der Waals surface area contributed by atoms with Gasteiger partial charge in [-0.05, 0) is 55.6 Å². The number of ether oxygens (including phenoxy) is 2. The number of methoxy groups -OCH3 is 2. The highest BCUT2D eigenvalue weighted by molar-refractivity contribution is 6.33. The van der Waals surface area contributed by atoms with Crippen molar-refractivity contribution >= 4 is 11.6 Å². The summed E-state index contributed by atoms with van der Waals surface area (Å²) in [5.74, 6) is 3.46. The highest BCUT2D eigenvalue weighted by atomic mass is 35.5. The molecular formula is C17H23ClO3. The molecule has 3 nitrogen and oxygen atoms in total. The molecule has 4 heteroatoms. The van der Waals surface area contributed by atoms with Gasteiger partial charge in [0, 0.05) is 5.56 Å². The molecule has 2 aliphatic carbocycles. The van der Waals surface area contributed by atoms with Gasteiger partial charge in [-0.2, -0.15) is 0 Å². The lowest BCUT2D eigenvalue weighted by atomic mass is 9.83. The van der Waals surface area contributed by atoms with Crippen molar-refractivity contribution in [1.82, 2.24) is 0 Å². The number of benzene rings is 1. The van der Waals surface area contributed by atoms with E-state index < -0.39 is 6.10 Å². The Hall–Kier alpha value is -0.930. The van der Waals surface area contributed by atoms with Crippen LogP contribution >= 0.6 is 11.6 Å². The minimum atomic E-state index is -0.521. The minimum Gasteiger partial charge on any atom is -0.495 e. The molecule has 1 aromatic rings. The number of aliphatic hydroxyl groups excluding tert-OH is 1. The highest BCUT2D eigenvalue weighted by Gasteiger charge is 2.40. The lowest BCUT2D eigenvalue weighted by Crippen LogP contribution is -2.15. The Balaban J connectivity index is 1.78. The second-order valence-electron chi connectivity index (χ2n) is 6.39. The molecule has 0 spiro atoms. The highest BCUT2D eigenvalue weighted by Crippen LogP contribution is 2.51. The SMILES string of the molecule is COc1ccc(C(O)CC2CC3CCC2C3)c(OC)c1Cl. The molecule has 2 aliphatic rings. The first-order valence-corrected chi connectivity index (χ1v) is 8.10. The van der Waals surface area contributed by atoms with Crippen LogP contribution in [0.3, 0.4) is 0 Å². The van der Waals surface area contributed by atoms with Crippen molar-refractivity contribution in [2.45, 2.75) is 38.2 Å². The smallest absolute Gasteiger partial charge is 0.147 e. The first-order valence-electron chi connectivity index (χ1n) is 7.72. The quantitative estimate of drug-likeness (QED) is 0.885. The Morgan fingerprint density at radius 2 is 2.05 bits per heavy atom. The predicted octanol–water partition coefficient (Wildman–Crippen LogP) is 4.22. The van der Waals surface area contributed by atoms with Crippen molar-refractivity contribution in [2.75, 3.05) is 14.2 Å². The van der Waals surface area contributed by atoms with Gasteiger partial charge in [-0.1, -0.05) is 18.0 Å². The molecule has 0 saturated heterocycles. The van der Waals surface area contributed by atoms with Crippen LogP contribution in [0.2, 0.25) is 5.02 Å². The minimum absolute atomic E-state index is 0.435. The number of hydrogen-bond donors (Lipinski definition) is 1. The molecule has 0 aromatic heterocycles. The van der Waals surface area contributed by atoms with E-state index in [9.17, 15) is 5.11 Å². The third-order valence-electron chi connectivity index (χ3n) is 5.29. The lowest BCUT2D eigenvalue weighted by molar-refractivity contribution is 0.123. The topological polar surface area (TPSA) is 38.7 Å². The van der Waals surface area contributed by atoms with Gasteiger partial charge in [-0.25, -0.2) is 0 Å². The van der Waals surface area contributed by atoms with E-state index in [1.807, 2.05) is 6.07 Å². The summed E-state index contributed by atoms with van der Waals surface area (Å²) >= 11 is 6.28. The van der Waals surface area contributed by atoms with E-state index in [1.165, 1.54) is 25.7 Å². The van der Waals surface area contributed by atoms with Crippen LogP contribution in [0.25, 0.3) is 0 Å². The van der Waals surface area contributed by atoms with Crippen molar-refractivity contribution < 1.29 is 14.6 Å². The third kappa shape index (κ3) is 2.74. The van der Waals surface area contributed by atoms with E-state index in [2.05, 4.69) is 0 Å².